The van der Waals surface area contributed by atoms with Crippen molar-refractivity contribution in [1.29, 1.82) is 0 Å². The van der Waals surface area contributed by atoms with E-state index in [9.17, 15) is 4.79 Å². The van der Waals surface area contributed by atoms with Crippen LogP contribution in [0.5, 0.6) is 0 Å². The number of hydrogen-bond donors (Lipinski definition) is 1. The van der Waals surface area contributed by atoms with Crippen molar-refractivity contribution in [2.75, 3.05) is 29.6 Å². The molecule has 2 rings (SSSR count). The first-order valence-electron chi connectivity index (χ1n) is 6.65. The molecular weight excluding hydrogens is 260 g/mol. The van der Waals surface area contributed by atoms with Crippen molar-refractivity contribution in [3.8, 4) is 0 Å². The summed E-state index contributed by atoms with van der Waals surface area (Å²) in [7, 11) is 0. The smallest absolute Gasteiger partial charge is 0.237 e. The number of carbonyl (C=O) groups excluding carboxylic acids is 1. The fourth-order valence-corrected chi connectivity index (χ4v) is 2.87. The first kappa shape index (κ1) is 14.1. The molecule has 1 aliphatic heterocycles. The molecule has 2 heterocycles. The Morgan fingerprint density at radius 1 is 1.53 bits per heavy atom. The minimum atomic E-state index is -0.0216. The van der Waals surface area contributed by atoms with E-state index < -0.39 is 0 Å². The average molecular weight is 280 g/mol. The van der Waals surface area contributed by atoms with E-state index in [1.165, 1.54) is 19.2 Å². The molecule has 0 aliphatic carbocycles. The Balaban J connectivity index is 2.13. The predicted octanol–water partition coefficient (Wildman–Crippen LogP) is 2.16. The highest BCUT2D eigenvalue weighted by Gasteiger charge is 2.21. The van der Waals surface area contributed by atoms with Gasteiger partial charge in [-0.3, -0.25) is 4.79 Å². The van der Waals surface area contributed by atoms with Gasteiger partial charge in [0.15, 0.2) is 5.82 Å². The van der Waals surface area contributed by atoms with Crippen LogP contribution in [0.2, 0.25) is 0 Å². The van der Waals surface area contributed by atoms with Gasteiger partial charge >= 0.3 is 0 Å². The third-order valence-electron chi connectivity index (χ3n) is 3.30. The summed E-state index contributed by atoms with van der Waals surface area (Å²) in [6.07, 6.45) is 8.36. The highest BCUT2D eigenvalue weighted by atomic mass is 32.2. The number of carbonyl (C=O) groups is 1. The van der Waals surface area contributed by atoms with Gasteiger partial charge in [0.05, 0.1) is 11.4 Å². The molecular formula is C13H20N4OS. The molecule has 0 spiro atoms. The van der Waals surface area contributed by atoms with Crippen molar-refractivity contribution in [2.24, 2.45) is 0 Å². The van der Waals surface area contributed by atoms with E-state index in [0.29, 0.717) is 0 Å². The Labute approximate surface area is 118 Å². The zero-order valence-corrected chi connectivity index (χ0v) is 12.2. The number of nitrogens with one attached hydrogen (secondary N) is 1. The molecule has 1 aromatic rings. The van der Waals surface area contributed by atoms with Gasteiger partial charge in [0, 0.05) is 13.1 Å². The fraction of sp³-hybridized carbons (Fsp3) is 0.615. The Hall–Kier alpha value is -1.30. The molecule has 1 saturated heterocycles. The van der Waals surface area contributed by atoms with Crippen LogP contribution in [0.3, 0.4) is 0 Å². The molecule has 1 fully saturated rings. The molecule has 0 saturated carbocycles. The van der Waals surface area contributed by atoms with Crippen molar-refractivity contribution in [3.63, 3.8) is 0 Å². The first-order valence-corrected chi connectivity index (χ1v) is 7.93. The van der Waals surface area contributed by atoms with Crippen molar-refractivity contribution < 1.29 is 4.79 Å². The van der Waals surface area contributed by atoms with E-state index in [1.807, 2.05) is 13.2 Å². The third kappa shape index (κ3) is 3.37. The van der Waals surface area contributed by atoms with Gasteiger partial charge in [-0.1, -0.05) is 6.92 Å². The maximum absolute atomic E-state index is 12.1. The maximum atomic E-state index is 12.1. The molecule has 1 aliphatic rings. The van der Waals surface area contributed by atoms with Gasteiger partial charge in [-0.2, -0.15) is 11.8 Å². The van der Waals surface area contributed by atoms with Crippen molar-refractivity contribution in [3.05, 3.63) is 12.5 Å². The number of anilines is 2. The van der Waals surface area contributed by atoms with Crippen LogP contribution in [0.15, 0.2) is 12.5 Å². The molecule has 0 bridgehead atoms. The lowest BCUT2D eigenvalue weighted by atomic mass is 10.3. The Morgan fingerprint density at radius 3 is 2.89 bits per heavy atom. The lowest BCUT2D eigenvalue weighted by molar-refractivity contribution is -0.115. The summed E-state index contributed by atoms with van der Waals surface area (Å²) in [5, 5.41) is 2.94. The average Bonchev–Trinajstić information content (AvgIpc) is 2.94. The summed E-state index contributed by atoms with van der Waals surface area (Å²) >= 11 is 1.57. The molecule has 0 aromatic carbocycles. The molecule has 104 valence electrons. The van der Waals surface area contributed by atoms with E-state index >= 15 is 0 Å². The van der Waals surface area contributed by atoms with Crippen LogP contribution < -0.4 is 10.2 Å². The number of aromatic nitrogens is 2. The van der Waals surface area contributed by atoms with Crippen molar-refractivity contribution in [2.45, 2.75) is 31.4 Å². The molecule has 1 aromatic heterocycles. The monoisotopic (exact) mass is 280 g/mol. The van der Waals surface area contributed by atoms with Crippen molar-refractivity contribution in [1.82, 2.24) is 9.97 Å². The molecule has 0 unspecified atom stereocenters. The van der Waals surface area contributed by atoms with Gasteiger partial charge in [-0.05, 0) is 25.5 Å². The van der Waals surface area contributed by atoms with Gasteiger partial charge in [0.2, 0.25) is 5.91 Å². The Bertz CT molecular complexity index is 430. The van der Waals surface area contributed by atoms with E-state index in [2.05, 4.69) is 20.2 Å². The summed E-state index contributed by atoms with van der Waals surface area (Å²) in [5.74, 6) is 0.877. The SMILES string of the molecule is CC[C@@H](SC)C(=O)Nc1cncnc1N1CCCC1. The summed E-state index contributed by atoms with van der Waals surface area (Å²) in [6.45, 7) is 4.02. The maximum Gasteiger partial charge on any atom is 0.237 e. The number of hydrogen-bond acceptors (Lipinski definition) is 5. The second-order valence-corrected chi connectivity index (χ2v) is 5.62. The van der Waals surface area contributed by atoms with Gasteiger partial charge in [0.1, 0.15) is 12.0 Å². The molecule has 0 radical (unpaired) electrons. The highest BCUT2D eigenvalue weighted by molar-refractivity contribution is 7.99. The summed E-state index contributed by atoms with van der Waals surface area (Å²) in [4.78, 5) is 22.7. The normalized spacial score (nSPS) is 16.4. The van der Waals surface area contributed by atoms with Crippen LogP contribution in [0.25, 0.3) is 0 Å². The molecule has 5 nitrogen and oxygen atoms in total. The Morgan fingerprint density at radius 2 is 2.26 bits per heavy atom. The molecule has 1 atom stereocenters. The van der Waals surface area contributed by atoms with Gasteiger partial charge in [-0.15, -0.1) is 0 Å². The highest BCUT2D eigenvalue weighted by Crippen LogP contribution is 2.26. The number of amides is 1. The number of thioether (sulfide) groups is 1. The van der Waals surface area contributed by atoms with E-state index in [1.54, 1.807) is 18.0 Å². The topological polar surface area (TPSA) is 58.1 Å². The van der Waals surface area contributed by atoms with Gasteiger partial charge in [-0.25, -0.2) is 9.97 Å². The van der Waals surface area contributed by atoms with E-state index in [0.717, 1.165) is 31.0 Å². The van der Waals surface area contributed by atoms with Crippen LogP contribution in [-0.2, 0) is 4.79 Å². The van der Waals surface area contributed by atoms with Crippen LogP contribution in [0, 0.1) is 0 Å². The van der Waals surface area contributed by atoms with Gasteiger partial charge in [0.25, 0.3) is 0 Å². The molecule has 1 N–H and O–H groups in total. The number of nitrogens with zero attached hydrogens (tertiary/aromatic N) is 3. The molecule has 1 amide bonds. The summed E-state index contributed by atoms with van der Waals surface area (Å²) < 4.78 is 0. The lowest BCUT2D eigenvalue weighted by Gasteiger charge is -2.20. The van der Waals surface area contributed by atoms with Crippen LogP contribution >= 0.6 is 11.8 Å². The quantitative estimate of drug-likeness (QED) is 0.895. The van der Waals surface area contributed by atoms with Crippen LogP contribution in [0.1, 0.15) is 26.2 Å². The van der Waals surface area contributed by atoms with Crippen LogP contribution in [-0.4, -0.2) is 40.5 Å². The second-order valence-electron chi connectivity index (χ2n) is 4.58. The van der Waals surface area contributed by atoms with Crippen LogP contribution in [0.4, 0.5) is 11.5 Å². The van der Waals surface area contributed by atoms with E-state index in [-0.39, 0.29) is 11.2 Å². The van der Waals surface area contributed by atoms with Gasteiger partial charge < -0.3 is 10.2 Å². The third-order valence-corrected chi connectivity index (χ3v) is 4.42. The first-order chi connectivity index (χ1) is 9.26. The minimum Gasteiger partial charge on any atom is -0.355 e. The summed E-state index contributed by atoms with van der Waals surface area (Å²) in [5.41, 5.74) is 0.724. The minimum absolute atomic E-state index is 0.0216. The lowest BCUT2D eigenvalue weighted by Crippen LogP contribution is -2.27. The van der Waals surface area contributed by atoms with Crippen molar-refractivity contribution >= 4 is 29.2 Å². The Kier molecular flexibility index (Phi) is 5.01. The fourth-order valence-electron chi connectivity index (χ4n) is 2.26. The summed E-state index contributed by atoms with van der Waals surface area (Å²) in [6, 6.07) is 0. The predicted molar refractivity (Wildman–Crippen MR) is 79.7 cm³/mol. The molecule has 19 heavy (non-hydrogen) atoms. The molecule has 6 heteroatoms. The number of rotatable bonds is 5. The zero-order chi connectivity index (χ0) is 13.7. The second kappa shape index (κ2) is 6.75. The van der Waals surface area contributed by atoms with E-state index in [4.69, 9.17) is 0 Å². The largest absolute Gasteiger partial charge is 0.355 e. The standard InChI is InChI=1S/C13H20N4OS/c1-3-11(19-2)13(18)16-10-8-14-9-15-12(10)17-6-4-5-7-17/h8-9,11H,3-7H2,1-2H3,(H,16,18)/t11-/m1/s1. The zero-order valence-electron chi connectivity index (χ0n) is 11.4.